The second-order valence-electron chi connectivity index (χ2n) is 7.05. The molecule has 0 aliphatic carbocycles. The molecule has 0 saturated carbocycles. The molecule has 0 aliphatic heterocycles. The minimum absolute atomic E-state index is 0.117. The Bertz CT molecular complexity index is 1050. The van der Waals surface area contributed by atoms with E-state index in [4.69, 9.17) is 10.2 Å². The molecular weight excluding hydrogens is 444 g/mol. The second-order valence-corrected chi connectivity index (χ2v) is 7.90. The van der Waals surface area contributed by atoms with Crippen LogP contribution in [-0.4, -0.2) is 54.6 Å². The molecule has 0 radical (unpaired) electrons. The maximum atomic E-state index is 13.2. The Morgan fingerprint density at radius 3 is 2.73 bits per heavy atom. The summed E-state index contributed by atoms with van der Waals surface area (Å²) in [4.78, 5) is 6.63. The lowest BCUT2D eigenvalue weighted by Gasteiger charge is -2.18. The fourth-order valence-electron chi connectivity index (χ4n) is 2.81. The van der Waals surface area contributed by atoms with E-state index in [1.807, 2.05) is 43.5 Å². The van der Waals surface area contributed by atoms with Gasteiger partial charge in [-0.15, -0.1) is 22.0 Å². The van der Waals surface area contributed by atoms with Crippen LogP contribution in [0, 0.1) is 0 Å². The Labute approximate surface area is 197 Å². The van der Waals surface area contributed by atoms with Crippen molar-refractivity contribution in [2.45, 2.75) is 24.7 Å². The number of benzene rings is 1. The quantitative estimate of drug-likeness (QED) is 0.241. The van der Waals surface area contributed by atoms with Crippen molar-refractivity contribution in [3.8, 4) is 11.5 Å². The number of hydrogen-bond acceptors (Lipinski definition) is 7. The zero-order valence-electron chi connectivity index (χ0n) is 19.1. The van der Waals surface area contributed by atoms with Crippen LogP contribution in [0.4, 0.5) is 14.5 Å². The molecule has 0 amide bonds. The van der Waals surface area contributed by atoms with Gasteiger partial charge in [-0.1, -0.05) is 37.3 Å². The molecule has 33 heavy (non-hydrogen) atoms. The summed E-state index contributed by atoms with van der Waals surface area (Å²) in [5.41, 5.74) is 8.23. The Hall–Kier alpha value is -3.04. The van der Waals surface area contributed by atoms with Gasteiger partial charge in [0.05, 0.1) is 5.69 Å². The van der Waals surface area contributed by atoms with Gasteiger partial charge in [0.25, 0.3) is 12.3 Å². The summed E-state index contributed by atoms with van der Waals surface area (Å²) in [5.74, 6) is 0.387. The molecule has 0 unspecified atom stereocenters. The minimum atomic E-state index is -2.70. The zero-order valence-corrected chi connectivity index (χ0v) is 19.9. The molecule has 2 N–H and O–H groups in total. The van der Waals surface area contributed by atoms with Gasteiger partial charge >= 0.3 is 0 Å². The van der Waals surface area contributed by atoms with Crippen molar-refractivity contribution >= 4 is 29.9 Å². The number of rotatable bonds is 12. The number of likely N-dealkylation sites (N-methyl/N-ethyl adjacent to an activating group) is 1. The van der Waals surface area contributed by atoms with Crippen molar-refractivity contribution in [2.75, 3.05) is 26.4 Å². The first kappa shape index (κ1) is 26.2. The van der Waals surface area contributed by atoms with Crippen LogP contribution in [0.2, 0.25) is 0 Å². The van der Waals surface area contributed by atoms with E-state index in [0.29, 0.717) is 24.4 Å². The molecule has 0 fully saturated rings. The van der Waals surface area contributed by atoms with Gasteiger partial charge in [0.15, 0.2) is 0 Å². The highest BCUT2D eigenvalue weighted by atomic mass is 32.2. The molecule has 2 rings (SSSR count). The molecule has 0 spiro atoms. The highest BCUT2D eigenvalue weighted by Crippen LogP contribution is 2.33. The maximum Gasteiger partial charge on any atom is 0.264 e. The van der Waals surface area contributed by atoms with E-state index in [1.165, 1.54) is 17.8 Å². The third-order valence-corrected chi connectivity index (χ3v) is 5.59. The molecule has 2 aromatic rings. The summed E-state index contributed by atoms with van der Waals surface area (Å²) < 4.78 is 32.2. The Kier molecular flexibility index (Phi) is 10.2. The normalized spacial score (nSPS) is 12.6. The summed E-state index contributed by atoms with van der Waals surface area (Å²) in [7, 11) is 1.75. The molecule has 1 aromatic heterocycles. The largest absolute Gasteiger partial charge is 0.415 e. The van der Waals surface area contributed by atoms with Gasteiger partial charge in [-0.25, -0.2) is 8.78 Å². The first-order valence-corrected chi connectivity index (χ1v) is 11.5. The van der Waals surface area contributed by atoms with Gasteiger partial charge < -0.3 is 15.1 Å². The fourth-order valence-corrected chi connectivity index (χ4v) is 3.40. The summed E-state index contributed by atoms with van der Waals surface area (Å²) in [6, 6.07) is 5.48. The zero-order chi connectivity index (χ0) is 24.4. The average molecular weight is 474 g/mol. The number of hydrogen-bond donors (Lipinski definition) is 1. The van der Waals surface area contributed by atoms with Crippen LogP contribution in [0.25, 0.3) is 17.2 Å². The molecule has 0 aliphatic rings. The van der Waals surface area contributed by atoms with E-state index >= 15 is 0 Å². The van der Waals surface area contributed by atoms with Crippen molar-refractivity contribution in [1.29, 1.82) is 0 Å². The molecule has 0 bridgehead atoms. The summed E-state index contributed by atoms with van der Waals surface area (Å²) in [5, 5.41) is 8.22. The molecule has 0 saturated heterocycles. The third-order valence-electron chi connectivity index (χ3n) is 4.82. The number of allylic oxidation sites excluding steroid dienone is 4. The monoisotopic (exact) mass is 473 g/mol. The van der Waals surface area contributed by atoms with E-state index in [-0.39, 0.29) is 17.4 Å². The number of alkyl halides is 2. The van der Waals surface area contributed by atoms with Gasteiger partial charge in [-0.05, 0) is 43.7 Å². The predicted molar refractivity (Wildman–Crippen MR) is 133 cm³/mol. The lowest BCUT2D eigenvalue weighted by atomic mass is 10.2. The molecule has 9 heteroatoms. The standard InChI is InChI=1S/C24H29F2N5OS/c1-6-17(15-27)9-7-8-12-31(4)20(13-16(2)22(25)26)24-30-29-23(32-24)18-10-11-19(28-3)21(14-18)33-5/h7-11,13-14,22H,2-3,6,12,15,27H2,1,4-5H3/b8-7-,17-9+,20-13-. The topological polar surface area (TPSA) is 80.5 Å². The van der Waals surface area contributed by atoms with Crippen molar-refractivity contribution in [2.24, 2.45) is 10.7 Å². The summed E-state index contributed by atoms with van der Waals surface area (Å²) in [6.45, 7) is 9.96. The van der Waals surface area contributed by atoms with E-state index in [2.05, 4.69) is 28.5 Å². The molecular formula is C24H29F2N5OS. The Balaban J connectivity index is 2.35. The fraction of sp³-hybridized carbons (Fsp3) is 0.292. The smallest absolute Gasteiger partial charge is 0.264 e. The van der Waals surface area contributed by atoms with Gasteiger partial charge in [-0.3, -0.25) is 4.99 Å². The third kappa shape index (κ3) is 7.23. The van der Waals surface area contributed by atoms with E-state index in [0.717, 1.165) is 22.6 Å². The Morgan fingerprint density at radius 1 is 1.36 bits per heavy atom. The lowest BCUT2D eigenvalue weighted by Crippen LogP contribution is -2.17. The second kappa shape index (κ2) is 12.9. The van der Waals surface area contributed by atoms with E-state index in [9.17, 15) is 8.78 Å². The van der Waals surface area contributed by atoms with Gasteiger partial charge in [-0.2, -0.15) is 0 Å². The molecule has 1 aromatic carbocycles. The number of nitrogens with two attached hydrogens (primary N) is 1. The van der Waals surface area contributed by atoms with E-state index < -0.39 is 6.43 Å². The number of aromatic nitrogens is 2. The number of nitrogens with zero attached hydrogens (tertiary/aromatic N) is 4. The summed E-state index contributed by atoms with van der Waals surface area (Å²) >= 11 is 1.52. The van der Waals surface area contributed by atoms with Crippen molar-refractivity contribution in [3.63, 3.8) is 0 Å². The van der Waals surface area contributed by atoms with Crippen molar-refractivity contribution < 1.29 is 13.2 Å². The van der Waals surface area contributed by atoms with Crippen LogP contribution < -0.4 is 5.73 Å². The predicted octanol–water partition coefficient (Wildman–Crippen LogP) is 5.74. The molecule has 1 heterocycles. The number of aliphatic imine (C=N–C) groups is 1. The molecule has 176 valence electrons. The van der Waals surface area contributed by atoms with Crippen molar-refractivity contribution in [3.05, 3.63) is 66.1 Å². The average Bonchev–Trinajstić information content (AvgIpc) is 3.31. The highest BCUT2D eigenvalue weighted by molar-refractivity contribution is 7.98. The maximum absolute atomic E-state index is 13.2. The van der Waals surface area contributed by atoms with Crippen LogP contribution in [0.5, 0.6) is 0 Å². The van der Waals surface area contributed by atoms with Crippen LogP contribution in [-0.2, 0) is 0 Å². The SMILES string of the molecule is C=Nc1ccc(-c2nnc(/C(=C/C(=C)C(F)F)N(C)C/C=C\C=C(/CC)CN)o2)cc1SC. The molecule has 6 nitrogen and oxygen atoms in total. The molecule has 0 atom stereocenters. The van der Waals surface area contributed by atoms with Gasteiger partial charge in [0, 0.05) is 36.2 Å². The van der Waals surface area contributed by atoms with Gasteiger partial charge in [0.2, 0.25) is 5.89 Å². The first-order valence-electron chi connectivity index (χ1n) is 10.3. The van der Waals surface area contributed by atoms with Crippen LogP contribution >= 0.6 is 11.8 Å². The highest BCUT2D eigenvalue weighted by Gasteiger charge is 2.19. The number of thioether (sulfide) groups is 1. The first-order chi connectivity index (χ1) is 15.8. The van der Waals surface area contributed by atoms with Crippen LogP contribution in [0.3, 0.4) is 0 Å². The van der Waals surface area contributed by atoms with Crippen molar-refractivity contribution in [1.82, 2.24) is 15.1 Å². The Morgan fingerprint density at radius 2 is 2.12 bits per heavy atom. The van der Waals surface area contributed by atoms with Crippen LogP contribution in [0.15, 0.2) is 74.5 Å². The van der Waals surface area contributed by atoms with Gasteiger partial charge in [0.1, 0.15) is 5.70 Å². The summed E-state index contributed by atoms with van der Waals surface area (Å²) in [6.07, 6.45) is 7.09. The number of halogens is 2. The minimum Gasteiger partial charge on any atom is -0.415 e. The lowest BCUT2D eigenvalue weighted by molar-refractivity contribution is 0.194. The van der Waals surface area contributed by atoms with E-state index in [1.54, 1.807) is 18.0 Å². The van der Waals surface area contributed by atoms with Crippen LogP contribution in [0.1, 0.15) is 19.2 Å².